The highest BCUT2D eigenvalue weighted by Crippen LogP contribution is 2.20. The number of carbonyl (C=O) groups is 2. The predicted octanol–water partition coefficient (Wildman–Crippen LogP) is 4.62. The van der Waals surface area contributed by atoms with Gasteiger partial charge in [0.05, 0.1) is 6.42 Å². The third-order valence-electron chi connectivity index (χ3n) is 4.20. The summed E-state index contributed by atoms with van der Waals surface area (Å²) in [7, 11) is -3.95. The van der Waals surface area contributed by atoms with E-state index >= 15 is 0 Å². The molecule has 0 aliphatic carbocycles. The van der Waals surface area contributed by atoms with E-state index in [1.807, 2.05) is 0 Å². The number of nitrogens with one attached hydrogen (secondary N) is 1. The summed E-state index contributed by atoms with van der Waals surface area (Å²) in [6.07, 6.45) is -0.406. The van der Waals surface area contributed by atoms with Gasteiger partial charge >= 0.3 is 22.2 Å². The third kappa shape index (κ3) is 9.82. The summed E-state index contributed by atoms with van der Waals surface area (Å²) in [6, 6.07) is 13.6. The molecule has 0 fully saturated rings. The van der Waals surface area contributed by atoms with Crippen LogP contribution < -0.4 is 9.50 Å². The minimum absolute atomic E-state index is 0.0538. The summed E-state index contributed by atoms with van der Waals surface area (Å²) in [5.41, 5.74) is -0.588. The van der Waals surface area contributed by atoms with Gasteiger partial charge in [0.25, 0.3) is 0 Å². The molecular formula is C25H33NO7S. The average molecular weight is 492 g/mol. The quantitative estimate of drug-likeness (QED) is 0.424. The Hall–Kier alpha value is -3.07. The number of benzene rings is 2. The van der Waals surface area contributed by atoms with Gasteiger partial charge in [0, 0.05) is 6.04 Å². The van der Waals surface area contributed by atoms with E-state index in [0.717, 1.165) is 5.56 Å². The lowest BCUT2D eigenvalue weighted by atomic mass is 10.0. The number of ether oxygens (including phenoxy) is 2. The van der Waals surface area contributed by atoms with Crippen LogP contribution in [0.1, 0.15) is 53.5 Å². The second-order valence-electron chi connectivity index (χ2n) is 9.83. The molecule has 0 heterocycles. The molecule has 0 aromatic heterocycles. The van der Waals surface area contributed by atoms with Crippen molar-refractivity contribution in [3.63, 3.8) is 0 Å². The van der Waals surface area contributed by atoms with Gasteiger partial charge in [-0.1, -0.05) is 30.3 Å². The van der Waals surface area contributed by atoms with Gasteiger partial charge in [-0.3, -0.25) is 4.79 Å². The van der Waals surface area contributed by atoms with E-state index in [1.54, 1.807) is 71.9 Å². The van der Waals surface area contributed by atoms with Crippen molar-refractivity contribution in [1.82, 2.24) is 5.32 Å². The van der Waals surface area contributed by atoms with Gasteiger partial charge in [-0.25, -0.2) is 4.79 Å². The number of amides is 1. The molecule has 0 spiro atoms. The molecule has 0 bridgehead atoms. The van der Waals surface area contributed by atoms with E-state index in [4.69, 9.17) is 13.7 Å². The Labute approximate surface area is 201 Å². The largest absolute Gasteiger partial charge is 0.460 e. The second kappa shape index (κ2) is 10.9. The van der Waals surface area contributed by atoms with Crippen LogP contribution in [0.25, 0.3) is 0 Å². The van der Waals surface area contributed by atoms with E-state index in [1.165, 1.54) is 24.3 Å². The highest BCUT2D eigenvalue weighted by Gasteiger charge is 2.25. The average Bonchev–Trinajstić information content (AvgIpc) is 2.67. The zero-order chi connectivity index (χ0) is 25.6. The Morgan fingerprint density at radius 2 is 1.41 bits per heavy atom. The fraction of sp³-hybridized carbons (Fsp3) is 0.440. The second-order valence-corrected chi connectivity index (χ2v) is 11.4. The number of carbonyl (C=O) groups excluding carboxylic acids is 2. The van der Waals surface area contributed by atoms with Gasteiger partial charge in [-0.15, -0.1) is 0 Å². The van der Waals surface area contributed by atoms with Gasteiger partial charge in [-0.05, 0) is 77.8 Å². The summed E-state index contributed by atoms with van der Waals surface area (Å²) >= 11 is 0. The molecule has 34 heavy (non-hydrogen) atoms. The minimum Gasteiger partial charge on any atom is -0.460 e. The van der Waals surface area contributed by atoms with E-state index in [0.29, 0.717) is 6.42 Å². The van der Waals surface area contributed by atoms with Gasteiger partial charge in [0.2, 0.25) is 0 Å². The molecule has 186 valence electrons. The van der Waals surface area contributed by atoms with E-state index in [-0.39, 0.29) is 17.1 Å². The number of rotatable bonds is 8. The first kappa shape index (κ1) is 27.2. The fourth-order valence-corrected chi connectivity index (χ4v) is 3.91. The van der Waals surface area contributed by atoms with Crippen LogP contribution in [0.15, 0.2) is 59.5 Å². The van der Waals surface area contributed by atoms with Crippen molar-refractivity contribution in [2.75, 3.05) is 0 Å². The SMILES string of the molecule is CC(C)(C)OC(=O)CC(Cc1ccc(OS(=O)(=O)c2ccccc2)cc1)NC(=O)OC(C)(C)C. The summed E-state index contributed by atoms with van der Waals surface area (Å²) in [5, 5.41) is 2.72. The van der Waals surface area contributed by atoms with E-state index in [9.17, 15) is 18.0 Å². The van der Waals surface area contributed by atoms with Crippen molar-refractivity contribution >= 4 is 22.2 Å². The first-order chi connectivity index (χ1) is 15.6. The van der Waals surface area contributed by atoms with Crippen molar-refractivity contribution in [3.05, 3.63) is 60.2 Å². The van der Waals surface area contributed by atoms with Gasteiger partial charge < -0.3 is 19.0 Å². The molecule has 1 amide bonds. The van der Waals surface area contributed by atoms with Crippen LogP contribution in [-0.4, -0.2) is 37.7 Å². The van der Waals surface area contributed by atoms with Crippen molar-refractivity contribution in [3.8, 4) is 5.75 Å². The van der Waals surface area contributed by atoms with Crippen LogP contribution in [0.3, 0.4) is 0 Å². The Bertz CT molecular complexity index is 1040. The Morgan fingerprint density at radius 1 is 0.853 bits per heavy atom. The summed E-state index contributed by atoms with van der Waals surface area (Å²) in [4.78, 5) is 24.7. The van der Waals surface area contributed by atoms with Gasteiger partial charge in [-0.2, -0.15) is 8.42 Å². The number of esters is 1. The molecule has 2 aromatic rings. The lowest BCUT2D eigenvalue weighted by Gasteiger charge is -2.25. The summed E-state index contributed by atoms with van der Waals surface area (Å²) in [5.74, 6) is -0.307. The minimum atomic E-state index is -3.95. The smallest absolute Gasteiger partial charge is 0.407 e. The number of alkyl carbamates (subject to hydrolysis) is 1. The third-order valence-corrected chi connectivity index (χ3v) is 5.46. The van der Waals surface area contributed by atoms with E-state index < -0.39 is 39.4 Å². The normalized spacial score (nSPS) is 13.0. The van der Waals surface area contributed by atoms with Gasteiger partial charge in [0.15, 0.2) is 0 Å². The maximum absolute atomic E-state index is 12.4. The monoisotopic (exact) mass is 491 g/mol. The van der Waals surface area contributed by atoms with Crippen LogP contribution in [-0.2, 0) is 30.8 Å². The van der Waals surface area contributed by atoms with Crippen molar-refractivity contribution in [1.29, 1.82) is 0 Å². The molecule has 8 nitrogen and oxygen atoms in total. The van der Waals surface area contributed by atoms with Crippen molar-refractivity contribution < 1.29 is 31.7 Å². The lowest BCUT2D eigenvalue weighted by Crippen LogP contribution is -2.42. The Kier molecular flexibility index (Phi) is 8.72. The zero-order valence-corrected chi connectivity index (χ0v) is 21.3. The lowest BCUT2D eigenvalue weighted by molar-refractivity contribution is -0.155. The maximum Gasteiger partial charge on any atom is 0.407 e. The van der Waals surface area contributed by atoms with Crippen molar-refractivity contribution in [2.45, 2.75) is 76.5 Å². The van der Waals surface area contributed by atoms with Crippen LogP contribution in [0.5, 0.6) is 5.75 Å². The molecular weight excluding hydrogens is 458 g/mol. The molecule has 0 saturated heterocycles. The first-order valence-electron chi connectivity index (χ1n) is 10.9. The van der Waals surface area contributed by atoms with Crippen LogP contribution >= 0.6 is 0 Å². The molecule has 0 aliphatic heterocycles. The van der Waals surface area contributed by atoms with E-state index in [2.05, 4.69) is 5.32 Å². The molecule has 1 unspecified atom stereocenters. The molecule has 9 heteroatoms. The summed E-state index contributed by atoms with van der Waals surface area (Å²) < 4.78 is 40.7. The summed E-state index contributed by atoms with van der Waals surface area (Å²) in [6.45, 7) is 10.5. The van der Waals surface area contributed by atoms with Gasteiger partial charge in [0.1, 0.15) is 21.8 Å². The Morgan fingerprint density at radius 3 is 1.94 bits per heavy atom. The standard InChI is InChI=1S/C25H33NO7S/c1-24(2,3)31-22(27)17-19(26-23(28)32-25(4,5)6)16-18-12-14-20(15-13-18)33-34(29,30)21-10-8-7-9-11-21/h7-15,19H,16-17H2,1-6H3,(H,26,28). The number of hydrogen-bond acceptors (Lipinski definition) is 7. The molecule has 1 N–H and O–H groups in total. The molecule has 2 rings (SSSR count). The van der Waals surface area contributed by atoms with Crippen LogP contribution in [0.2, 0.25) is 0 Å². The highest BCUT2D eigenvalue weighted by molar-refractivity contribution is 7.87. The molecule has 0 radical (unpaired) electrons. The van der Waals surface area contributed by atoms with Crippen molar-refractivity contribution in [2.24, 2.45) is 0 Å². The zero-order valence-electron chi connectivity index (χ0n) is 20.5. The molecule has 2 aromatic carbocycles. The molecule has 0 aliphatic rings. The Balaban J connectivity index is 2.11. The molecule has 1 atom stereocenters. The van der Waals surface area contributed by atoms with Crippen LogP contribution in [0.4, 0.5) is 4.79 Å². The first-order valence-corrected chi connectivity index (χ1v) is 12.3. The predicted molar refractivity (Wildman–Crippen MR) is 128 cm³/mol. The van der Waals surface area contributed by atoms with Crippen LogP contribution in [0, 0.1) is 0 Å². The number of hydrogen-bond donors (Lipinski definition) is 1. The fourth-order valence-electron chi connectivity index (χ4n) is 2.96. The maximum atomic E-state index is 12.4. The topological polar surface area (TPSA) is 108 Å². The molecule has 0 saturated carbocycles. The highest BCUT2D eigenvalue weighted by atomic mass is 32.2.